The van der Waals surface area contributed by atoms with Gasteiger partial charge in [-0.2, -0.15) is 4.99 Å². The lowest BCUT2D eigenvalue weighted by molar-refractivity contribution is 0.204. The minimum atomic E-state index is -0.148. The van der Waals surface area contributed by atoms with E-state index in [0.29, 0.717) is 5.84 Å². The van der Waals surface area contributed by atoms with E-state index in [2.05, 4.69) is 4.99 Å². The lowest BCUT2D eigenvalue weighted by atomic mass is 10.3. The summed E-state index contributed by atoms with van der Waals surface area (Å²) in [5.41, 5.74) is 5.44. The molecule has 0 spiro atoms. The summed E-state index contributed by atoms with van der Waals surface area (Å²) in [6, 6.07) is -0.148. The molecule has 4 heteroatoms. The number of nitrogens with two attached hydrogens (primary N) is 1. The smallest absolute Gasteiger partial charge is 0.345 e. The molecule has 12 heavy (non-hydrogen) atoms. The molecule has 1 heterocycles. The molecular weight excluding hydrogens is 154 g/mol. The van der Waals surface area contributed by atoms with Crippen LogP contribution in [0.3, 0.4) is 0 Å². The second-order valence-electron chi connectivity index (χ2n) is 3.53. The van der Waals surface area contributed by atoms with Crippen molar-refractivity contribution in [3.8, 4) is 0 Å². The first kappa shape index (κ1) is 7.58. The number of aliphatic imine (C=N–C) groups is 1. The van der Waals surface area contributed by atoms with Gasteiger partial charge in [-0.1, -0.05) is 0 Å². The zero-order chi connectivity index (χ0) is 8.55. The van der Waals surface area contributed by atoms with Crippen molar-refractivity contribution in [2.45, 2.75) is 19.3 Å². The topological polar surface area (TPSA) is 58.7 Å². The van der Waals surface area contributed by atoms with Crippen molar-refractivity contribution < 1.29 is 4.79 Å². The van der Waals surface area contributed by atoms with Crippen LogP contribution < -0.4 is 5.73 Å². The molecule has 1 fully saturated rings. The number of amides is 2. The Bertz CT molecular complexity index is 232. The maximum atomic E-state index is 11.2. The maximum Gasteiger partial charge on any atom is 0.345 e. The third kappa shape index (κ3) is 1.57. The zero-order valence-electron chi connectivity index (χ0n) is 6.99. The van der Waals surface area contributed by atoms with Crippen LogP contribution in [0.4, 0.5) is 4.79 Å². The number of urea groups is 1. The normalized spacial score (nSPS) is 24.2. The minimum Gasteiger partial charge on any atom is -0.387 e. The number of amidine groups is 1. The third-order valence-corrected chi connectivity index (χ3v) is 2.32. The largest absolute Gasteiger partial charge is 0.387 e. The third-order valence-electron chi connectivity index (χ3n) is 2.32. The van der Waals surface area contributed by atoms with E-state index in [0.717, 1.165) is 25.4 Å². The van der Waals surface area contributed by atoms with Crippen molar-refractivity contribution >= 4 is 11.9 Å². The number of hydrogen-bond acceptors (Lipinski definition) is 2. The second-order valence-corrected chi connectivity index (χ2v) is 3.53. The van der Waals surface area contributed by atoms with Crippen molar-refractivity contribution in [3.05, 3.63) is 0 Å². The van der Waals surface area contributed by atoms with Crippen LogP contribution >= 0.6 is 0 Å². The van der Waals surface area contributed by atoms with Gasteiger partial charge in [-0.05, 0) is 18.8 Å². The summed E-state index contributed by atoms with van der Waals surface area (Å²) in [4.78, 5) is 16.8. The average molecular weight is 167 g/mol. The van der Waals surface area contributed by atoms with Gasteiger partial charge in [-0.3, -0.25) is 0 Å². The fraction of sp³-hybridized carbons (Fsp3) is 0.750. The van der Waals surface area contributed by atoms with E-state index >= 15 is 0 Å². The Hall–Kier alpha value is -1.06. The van der Waals surface area contributed by atoms with Gasteiger partial charge in [0.15, 0.2) is 0 Å². The number of rotatable bonds is 2. The summed E-state index contributed by atoms with van der Waals surface area (Å²) in [7, 11) is 0. The van der Waals surface area contributed by atoms with Crippen molar-refractivity contribution in [2.24, 2.45) is 16.6 Å². The predicted octanol–water partition coefficient (Wildman–Crippen LogP) is 0.579. The van der Waals surface area contributed by atoms with Crippen LogP contribution in [-0.4, -0.2) is 29.9 Å². The highest BCUT2D eigenvalue weighted by Crippen LogP contribution is 2.30. The van der Waals surface area contributed by atoms with E-state index < -0.39 is 0 Å². The number of nitrogens with zero attached hydrogens (tertiary/aromatic N) is 2. The summed E-state index contributed by atoms with van der Waals surface area (Å²) < 4.78 is 0. The molecule has 0 radical (unpaired) electrons. The van der Waals surface area contributed by atoms with E-state index in [1.54, 1.807) is 4.90 Å². The van der Waals surface area contributed by atoms with Crippen LogP contribution in [-0.2, 0) is 0 Å². The van der Waals surface area contributed by atoms with Gasteiger partial charge in [-0.15, -0.1) is 0 Å². The highest BCUT2D eigenvalue weighted by molar-refractivity contribution is 5.95. The molecule has 2 N–H and O–H groups in total. The molecule has 2 aliphatic rings. The monoisotopic (exact) mass is 167 g/mol. The van der Waals surface area contributed by atoms with Crippen molar-refractivity contribution in [1.82, 2.24) is 4.90 Å². The molecule has 4 nitrogen and oxygen atoms in total. The summed E-state index contributed by atoms with van der Waals surface area (Å²) in [6.45, 7) is 1.64. The van der Waals surface area contributed by atoms with Crippen LogP contribution in [0, 0.1) is 5.92 Å². The number of hydrogen-bond donors (Lipinski definition) is 1. The molecule has 1 aliphatic heterocycles. The fourth-order valence-corrected chi connectivity index (χ4v) is 1.38. The van der Waals surface area contributed by atoms with E-state index in [1.807, 2.05) is 0 Å². The van der Waals surface area contributed by atoms with Gasteiger partial charge in [0.25, 0.3) is 0 Å². The minimum absolute atomic E-state index is 0.148. The molecule has 2 rings (SSSR count). The Morgan fingerprint density at radius 3 is 2.92 bits per heavy atom. The Kier molecular flexibility index (Phi) is 1.75. The van der Waals surface area contributed by atoms with Crippen LogP contribution in [0.2, 0.25) is 0 Å². The van der Waals surface area contributed by atoms with E-state index in [-0.39, 0.29) is 6.03 Å². The summed E-state index contributed by atoms with van der Waals surface area (Å²) in [5, 5.41) is 0. The quantitative estimate of drug-likeness (QED) is 0.654. The number of carbonyl (C=O) groups is 1. The van der Waals surface area contributed by atoms with Crippen molar-refractivity contribution in [3.63, 3.8) is 0 Å². The first-order valence-corrected chi connectivity index (χ1v) is 4.37. The first-order valence-electron chi connectivity index (χ1n) is 4.37. The molecular formula is C8H13N3O. The zero-order valence-corrected chi connectivity index (χ0v) is 6.99. The van der Waals surface area contributed by atoms with Crippen LogP contribution in [0.1, 0.15) is 19.3 Å². The Balaban J connectivity index is 1.94. The van der Waals surface area contributed by atoms with Gasteiger partial charge in [-0.25, -0.2) is 4.79 Å². The molecule has 0 aromatic rings. The van der Waals surface area contributed by atoms with Gasteiger partial charge < -0.3 is 10.6 Å². The summed E-state index contributed by atoms with van der Waals surface area (Å²) >= 11 is 0. The first-order chi connectivity index (χ1) is 5.75. The molecule has 0 aromatic carbocycles. The van der Waals surface area contributed by atoms with E-state index in [4.69, 9.17) is 5.73 Å². The van der Waals surface area contributed by atoms with E-state index in [1.165, 1.54) is 12.8 Å². The molecule has 0 aromatic heterocycles. The lowest BCUT2D eigenvalue weighted by Crippen LogP contribution is -2.38. The Morgan fingerprint density at radius 2 is 2.33 bits per heavy atom. The fourth-order valence-electron chi connectivity index (χ4n) is 1.38. The molecule has 0 unspecified atom stereocenters. The Labute approximate surface area is 71.4 Å². The molecule has 0 atom stereocenters. The van der Waals surface area contributed by atoms with Crippen LogP contribution in [0.25, 0.3) is 0 Å². The van der Waals surface area contributed by atoms with Crippen LogP contribution in [0.5, 0.6) is 0 Å². The Morgan fingerprint density at radius 1 is 1.58 bits per heavy atom. The van der Waals surface area contributed by atoms with Crippen LogP contribution in [0.15, 0.2) is 4.99 Å². The standard InChI is InChI=1S/C8H13N3O/c9-7-3-4-11(8(12)10-7)5-6-1-2-6/h6H,1-5H2,(H2,9,10,12). The second kappa shape index (κ2) is 2.77. The molecule has 1 saturated carbocycles. The summed E-state index contributed by atoms with van der Waals surface area (Å²) in [5.74, 6) is 1.22. The number of carbonyl (C=O) groups excluding carboxylic acids is 1. The summed E-state index contributed by atoms with van der Waals surface area (Å²) in [6.07, 6.45) is 3.27. The van der Waals surface area contributed by atoms with Gasteiger partial charge in [0.2, 0.25) is 0 Å². The molecule has 0 saturated heterocycles. The molecule has 0 bridgehead atoms. The maximum absolute atomic E-state index is 11.2. The predicted molar refractivity (Wildman–Crippen MR) is 45.9 cm³/mol. The highest BCUT2D eigenvalue weighted by Gasteiger charge is 2.28. The van der Waals surface area contributed by atoms with E-state index in [9.17, 15) is 4.79 Å². The molecule has 1 aliphatic carbocycles. The van der Waals surface area contributed by atoms with Gasteiger partial charge in [0, 0.05) is 19.5 Å². The molecule has 2 amide bonds. The molecule has 66 valence electrons. The van der Waals surface area contributed by atoms with Gasteiger partial charge >= 0.3 is 6.03 Å². The van der Waals surface area contributed by atoms with Crippen molar-refractivity contribution in [1.29, 1.82) is 0 Å². The lowest BCUT2D eigenvalue weighted by Gasteiger charge is -2.23. The highest BCUT2D eigenvalue weighted by atomic mass is 16.2. The van der Waals surface area contributed by atoms with Gasteiger partial charge in [0.1, 0.15) is 5.84 Å². The SMILES string of the molecule is NC1=NC(=O)N(CC2CC2)CC1. The van der Waals surface area contributed by atoms with Gasteiger partial charge in [0.05, 0.1) is 0 Å². The van der Waals surface area contributed by atoms with Crippen molar-refractivity contribution in [2.75, 3.05) is 13.1 Å². The average Bonchev–Trinajstić information content (AvgIpc) is 2.79.